The van der Waals surface area contributed by atoms with Gasteiger partial charge in [0.25, 0.3) is 0 Å². The second kappa shape index (κ2) is 20.1. The van der Waals surface area contributed by atoms with Crippen LogP contribution in [0.15, 0.2) is 121 Å². The van der Waals surface area contributed by atoms with Crippen molar-refractivity contribution < 1.29 is 44.8 Å². The van der Waals surface area contributed by atoms with E-state index in [9.17, 15) is 0 Å². The first kappa shape index (κ1) is 45.7. The van der Waals surface area contributed by atoms with Gasteiger partial charge in [-0.05, 0) is 0 Å². The molecule has 0 unspecified atom stereocenters. The van der Waals surface area contributed by atoms with Crippen LogP contribution in [-0.2, 0) is 44.8 Å². The van der Waals surface area contributed by atoms with Gasteiger partial charge in [0, 0.05) is 44.8 Å². The van der Waals surface area contributed by atoms with Crippen LogP contribution in [0.2, 0.25) is 0 Å². The van der Waals surface area contributed by atoms with E-state index in [0.29, 0.717) is 0 Å². The predicted molar refractivity (Wildman–Crippen MR) is 226 cm³/mol. The summed E-state index contributed by atoms with van der Waals surface area (Å²) >= 11 is 14.8. The molecule has 0 N–H and O–H groups in total. The Labute approximate surface area is 341 Å². The number of benzene rings is 4. The molecule has 2 radical (unpaired) electrons. The Balaban J connectivity index is 0.000000461. The van der Waals surface area contributed by atoms with Crippen molar-refractivity contribution >= 4 is 88.7 Å². The third-order valence-corrected chi connectivity index (χ3v) is 23.7. The number of hydrogen-bond donors (Lipinski definition) is 0. The van der Waals surface area contributed by atoms with Crippen LogP contribution in [0.25, 0.3) is 0 Å². The molecule has 0 saturated carbocycles. The van der Waals surface area contributed by atoms with Crippen LogP contribution in [-0.4, -0.2) is 44.6 Å². The second-order valence-electron chi connectivity index (χ2n) is 11.2. The van der Waals surface area contributed by atoms with Gasteiger partial charge in [0.05, 0.1) is 0 Å². The molecular weight excluding hydrogens is 1070 g/mol. The van der Waals surface area contributed by atoms with Crippen molar-refractivity contribution in [3.05, 3.63) is 148 Å². The molecular formula is C38H48Au2N2P2S4-4. The van der Waals surface area contributed by atoms with Crippen molar-refractivity contribution in [3.8, 4) is 0 Å². The third kappa shape index (κ3) is 10.9. The van der Waals surface area contributed by atoms with E-state index in [1.807, 2.05) is 24.3 Å². The first-order valence-corrected chi connectivity index (χ1v) is 24.4. The summed E-state index contributed by atoms with van der Waals surface area (Å²) in [6, 6.07) is 41.5. The molecule has 0 aromatic heterocycles. The summed E-state index contributed by atoms with van der Waals surface area (Å²) < 4.78 is 1.76. The topological polar surface area (TPSA) is 6.48 Å². The molecule has 0 spiro atoms. The van der Waals surface area contributed by atoms with Gasteiger partial charge in [-0.25, -0.2) is 0 Å². The van der Waals surface area contributed by atoms with Gasteiger partial charge in [0.1, 0.15) is 0 Å². The van der Waals surface area contributed by atoms with Crippen LogP contribution in [0.1, 0.15) is 27.7 Å². The van der Waals surface area contributed by atoms with Crippen molar-refractivity contribution in [1.29, 1.82) is 0 Å². The molecule has 2 nitrogen and oxygen atoms in total. The zero-order valence-electron chi connectivity index (χ0n) is 28.2. The Hall–Kier alpha value is -0.299. The van der Waals surface area contributed by atoms with Gasteiger partial charge in [0.15, 0.2) is 0 Å². The summed E-state index contributed by atoms with van der Waals surface area (Å²) in [6.07, 6.45) is 0. The molecule has 4 aromatic rings. The Kier molecular flexibility index (Phi) is 19.1. The van der Waals surface area contributed by atoms with Crippen LogP contribution in [0.3, 0.4) is 0 Å². The fourth-order valence-electron chi connectivity index (χ4n) is 5.06. The van der Waals surface area contributed by atoms with Crippen LogP contribution in [0.4, 0.5) is 0 Å². The van der Waals surface area contributed by atoms with Crippen LogP contribution in [0, 0.1) is 26.7 Å². The molecule has 4 rings (SSSR count). The molecule has 0 aliphatic carbocycles. The molecule has 0 aliphatic heterocycles. The SMILES string of the molecule is [Au].[Au].[CH2-]P([CH2-])(SC(=S)N(CC)CC)(c1ccccc1)c1ccccc1.[CH2-]P([CH2-])(SC(=S)N(CC)CC)(c1ccccc1)c1ccccc1. The van der Waals surface area contributed by atoms with Crippen LogP contribution in [0.5, 0.6) is 0 Å². The summed E-state index contributed by atoms with van der Waals surface area (Å²) in [5.41, 5.74) is 0. The Morgan fingerprint density at radius 1 is 0.458 bits per heavy atom. The molecule has 0 aliphatic rings. The van der Waals surface area contributed by atoms with Crippen LogP contribution >= 0.6 is 58.8 Å². The zero-order chi connectivity index (χ0) is 33.9. The van der Waals surface area contributed by atoms with Crippen molar-refractivity contribution in [1.82, 2.24) is 9.80 Å². The average molecular weight is 1120 g/mol. The van der Waals surface area contributed by atoms with E-state index in [-0.39, 0.29) is 44.8 Å². The molecule has 0 amide bonds. The number of hydrogen-bond acceptors (Lipinski definition) is 4. The minimum absolute atomic E-state index is 0. The summed E-state index contributed by atoms with van der Waals surface area (Å²) in [7, 11) is 0. The standard InChI is InChI=1S/2C19H24NPS2.2Au/c2*1-5-20(6-2)19(22)23-21(3,4,17-13-9-7-10-14-17)18-15-11-8-12-16-18;;/h2*7-16H,3-6H2,1-2H3;;/q2*-2;;. The maximum atomic E-state index is 5.74. The Morgan fingerprint density at radius 2 is 0.646 bits per heavy atom. The monoisotopic (exact) mass is 1120 g/mol. The summed E-state index contributed by atoms with van der Waals surface area (Å²) in [4.78, 5) is 4.40. The summed E-state index contributed by atoms with van der Waals surface area (Å²) in [5.74, 6) is -5.84. The summed E-state index contributed by atoms with van der Waals surface area (Å²) in [5, 5.41) is 4.68. The number of thiocarbonyl (C=S) groups is 2. The van der Waals surface area contributed by atoms with E-state index in [4.69, 9.17) is 51.1 Å². The van der Waals surface area contributed by atoms with E-state index in [1.165, 1.54) is 21.2 Å². The third-order valence-electron chi connectivity index (χ3n) is 8.06. The van der Waals surface area contributed by atoms with Gasteiger partial charge < -0.3 is 0 Å². The van der Waals surface area contributed by atoms with Gasteiger partial charge in [-0.3, -0.25) is 0 Å². The van der Waals surface area contributed by atoms with E-state index >= 15 is 0 Å². The first-order valence-electron chi connectivity index (χ1n) is 15.5. The summed E-state index contributed by atoms with van der Waals surface area (Å²) in [6.45, 7) is 30.9. The van der Waals surface area contributed by atoms with Crippen molar-refractivity contribution in [2.24, 2.45) is 0 Å². The molecule has 0 saturated heterocycles. The second-order valence-corrected chi connectivity index (χ2v) is 27.7. The zero-order valence-corrected chi connectivity index (χ0v) is 37.6. The average Bonchev–Trinajstić information content (AvgIpc) is 3.08. The number of rotatable bonds is 10. The van der Waals surface area contributed by atoms with Gasteiger partial charge >= 0.3 is 300 Å². The minimum atomic E-state index is -2.92. The van der Waals surface area contributed by atoms with E-state index in [0.717, 1.165) is 34.8 Å². The molecule has 4 aromatic carbocycles. The fourth-order valence-corrected chi connectivity index (χ4v) is 20.5. The van der Waals surface area contributed by atoms with Gasteiger partial charge in [-0.15, -0.1) is 0 Å². The van der Waals surface area contributed by atoms with Gasteiger partial charge in [-0.2, -0.15) is 0 Å². The Bertz CT molecular complexity index is 1350. The first-order chi connectivity index (χ1) is 21.8. The number of nitrogens with zero attached hydrogens (tertiary/aromatic N) is 2. The Morgan fingerprint density at radius 3 is 0.812 bits per heavy atom. The van der Waals surface area contributed by atoms with Crippen LogP contribution < -0.4 is 21.2 Å². The maximum absolute atomic E-state index is 5.74. The molecule has 0 heterocycles. The van der Waals surface area contributed by atoms with E-state index in [1.54, 1.807) is 22.8 Å². The normalized spacial score (nSPS) is 12.6. The molecule has 0 fully saturated rings. The quantitative estimate of drug-likeness (QED) is 0.0671. The van der Waals surface area contributed by atoms with Crippen molar-refractivity contribution in [2.75, 3.05) is 26.2 Å². The van der Waals surface area contributed by atoms with Gasteiger partial charge in [0.2, 0.25) is 0 Å². The van der Waals surface area contributed by atoms with Crippen molar-refractivity contribution in [3.63, 3.8) is 0 Å². The molecule has 48 heavy (non-hydrogen) atoms. The predicted octanol–water partition coefficient (Wildman–Crippen LogP) is 10.1. The van der Waals surface area contributed by atoms with E-state index in [2.05, 4.69) is 135 Å². The molecule has 0 atom stereocenters. The van der Waals surface area contributed by atoms with Crippen molar-refractivity contribution in [2.45, 2.75) is 27.7 Å². The van der Waals surface area contributed by atoms with Gasteiger partial charge in [-0.1, -0.05) is 0 Å². The molecule has 10 heteroatoms. The van der Waals surface area contributed by atoms with E-state index < -0.39 is 11.6 Å². The molecule has 270 valence electrons. The molecule has 0 bridgehead atoms. The fraction of sp³-hybridized carbons (Fsp3) is 0.211.